The van der Waals surface area contributed by atoms with Crippen molar-refractivity contribution in [1.82, 2.24) is 16.1 Å². The number of nitrogens with one attached hydrogen (secondary N) is 3. The molecular weight excluding hydrogens is 130 g/mol. The zero-order valence-corrected chi connectivity index (χ0v) is 5.85. The summed E-state index contributed by atoms with van der Waals surface area (Å²) < 4.78 is 0. The number of hydrogen-bond donors (Lipinski definition) is 4. The average molecular weight is 143 g/mol. The molecule has 0 aromatic heterocycles. The fourth-order valence-corrected chi connectivity index (χ4v) is 1.84. The number of piperazine rings is 1. The van der Waals surface area contributed by atoms with Gasteiger partial charge in [-0.05, 0) is 12.8 Å². The summed E-state index contributed by atoms with van der Waals surface area (Å²) in [6.07, 6.45) is 2.17. The second-order valence-corrected chi connectivity index (χ2v) is 3.20. The highest BCUT2D eigenvalue weighted by Gasteiger charge is 2.40. The molecule has 2 bridgehead atoms. The quantitative estimate of drug-likeness (QED) is 0.356. The van der Waals surface area contributed by atoms with Crippen molar-refractivity contribution in [3.63, 3.8) is 0 Å². The molecule has 10 heavy (non-hydrogen) atoms. The van der Waals surface area contributed by atoms with Crippen LogP contribution in [0.1, 0.15) is 12.8 Å². The molecular formula is C6H13N3O. The van der Waals surface area contributed by atoms with Gasteiger partial charge in [-0.15, -0.1) is 0 Å². The third kappa shape index (κ3) is 0.845. The summed E-state index contributed by atoms with van der Waals surface area (Å²) in [6.45, 7) is 1.85. The van der Waals surface area contributed by atoms with E-state index in [1.54, 1.807) is 0 Å². The maximum Gasteiger partial charge on any atom is 0.105 e. The van der Waals surface area contributed by atoms with Gasteiger partial charge in [0.05, 0.1) is 0 Å². The summed E-state index contributed by atoms with van der Waals surface area (Å²) >= 11 is 0. The van der Waals surface area contributed by atoms with Crippen molar-refractivity contribution in [1.29, 1.82) is 0 Å². The van der Waals surface area contributed by atoms with Gasteiger partial charge in [0, 0.05) is 19.1 Å². The molecule has 2 aliphatic rings. The maximum atomic E-state index is 8.82. The molecule has 0 amide bonds. The zero-order chi connectivity index (χ0) is 7.03. The first kappa shape index (κ1) is 6.54. The van der Waals surface area contributed by atoms with Gasteiger partial charge in [-0.25, -0.2) is 0 Å². The van der Waals surface area contributed by atoms with E-state index in [-0.39, 0.29) is 5.66 Å². The summed E-state index contributed by atoms with van der Waals surface area (Å²) in [5.74, 6) is 0. The predicted molar refractivity (Wildman–Crippen MR) is 36.7 cm³/mol. The van der Waals surface area contributed by atoms with E-state index in [2.05, 4.69) is 16.1 Å². The summed E-state index contributed by atoms with van der Waals surface area (Å²) in [5.41, 5.74) is 2.12. The number of rotatable bonds is 1. The Kier molecular flexibility index (Phi) is 1.42. The lowest BCUT2D eigenvalue weighted by Gasteiger charge is -2.33. The molecule has 0 aromatic rings. The Balaban J connectivity index is 2.10. The van der Waals surface area contributed by atoms with Crippen molar-refractivity contribution in [2.24, 2.45) is 0 Å². The first-order valence-corrected chi connectivity index (χ1v) is 3.74. The van der Waals surface area contributed by atoms with Crippen LogP contribution >= 0.6 is 0 Å². The van der Waals surface area contributed by atoms with Gasteiger partial charge in [-0.3, -0.25) is 5.32 Å². The van der Waals surface area contributed by atoms with Gasteiger partial charge in [0.15, 0.2) is 0 Å². The SMILES string of the molecule is ONC12CCC(CNC1)N2. The van der Waals surface area contributed by atoms with Gasteiger partial charge in [0.25, 0.3) is 0 Å². The minimum Gasteiger partial charge on any atom is -0.315 e. The topological polar surface area (TPSA) is 56.3 Å². The molecule has 0 saturated carbocycles. The third-order valence-corrected chi connectivity index (χ3v) is 2.43. The largest absolute Gasteiger partial charge is 0.315 e. The minimum absolute atomic E-state index is 0.219. The Morgan fingerprint density at radius 2 is 2.50 bits per heavy atom. The lowest BCUT2D eigenvalue weighted by atomic mass is 10.1. The fourth-order valence-electron chi connectivity index (χ4n) is 1.84. The molecule has 4 nitrogen and oxygen atoms in total. The monoisotopic (exact) mass is 143 g/mol. The van der Waals surface area contributed by atoms with E-state index >= 15 is 0 Å². The molecule has 2 rings (SSSR count). The van der Waals surface area contributed by atoms with Crippen LogP contribution in [0.3, 0.4) is 0 Å². The fraction of sp³-hybridized carbons (Fsp3) is 1.00. The van der Waals surface area contributed by atoms with Crippen LogP contribution in [0.2, 0.25) is 0 Å². The maximum absolute atomic E-state index is 8.82. The molecule has 2 atom stereocenters. The van der Waals surface area contributed by atoms with Crippen LogP contribution in [-0.4, -0.2) is 30.0 Å². The van der Waals surface area contributed by atoms with Crippen molar-refractivity contribution in [3.8, 4) is 0 Å². The average Bonchev–Trinajstić information content (AvgIpc) is 2.29. The normalized spacial score (nSPS) is 45.9. The third-order valence-electron chi connectivity index (χ3n) is 2.43. The Labute approximate surface area is 60.0 Å². The molecule has 2 heterocycles. The molecule has 4 heteroatoms. The Morgan fingerprint density at radius 3 is 3.20 bits per heavy atom. The number of hydroxylamine groups is 1. The summed E-state index contributed by atoms with van der Waals surface area (Å²) in [7, 11) is 0. The molecule has 2 fully saturated rings. The van der Waals surface area contributed by atoms with E-state index in [9.17, 15) is 0 Å². The first-order chi connectivity index (χ1) is 4.85. The van der Waals surface area contributed by atoms with E-state index in [0.717, 1.165) is 25.9 Å². The molecule has 2 saturated heterocycles. The van der Waals surface area contributed by atoms with Crippen LogP contribution in [0, 0.1) is 0 Å². The van der Waals surface area contributed by atoms with Crippen molar-refractivity contribution in [3.05, 3.63) is 0 Å². The Morgan fingerprint density at radius 1 is 1.60 bits per heavy atom. The Bertz CT molecular complexity index is 137. The molecule has 2 unspecified atom stereocenters. The van der Waals surface area contributed by atoms with Crippen LogP contribution in [-0.2, 0) is 0 Å². The second-order valence-electron chi connectivity index (χ2n) is 3.20. The van der Waals surface area contributed by atoms with Gasteiger partial charge in [0.2, 0.25) is 0 Å². The van der Waals surface area contributed by atoms with E-state index in [4.69, 9.17) is 5.21 Å². The van der Waals surface area contributed by atoms with Gasteiger partial charge in [-0.2, -0.15) is 5.48 Å². The zero-order valence-electron chi connectivity index (χ0n) is 5.85. The lowest BCUT2D eigenvalue weighted by Crippen LogP contribution is -2.64. The van der Waals surface area contributed by atoms with E-state index in [1.165, 1.54) is 0 Å². The van der Waals surface area contributed by atoms with Gasteiger partial charge < -0.3 is 10.5 Å². The highest BCUT2D eigenvalue weighted by molar-refractivity contribution is 5.00. The highest BCUT2D eigenvalue weighted by atomic mass is 16.5. The second kappa shape index (κ2) is 2.17. The first-order valence-electron chi connectivity index (χ1n) is 3.74. The van der Waals surface area contributed by atoms with Crippen LogP contribution in [0.4, 0.5) is 0 Å². The van der Waals surface area contributed by atoms with Gasteiger partial charge in [-0.1, -0.05) is 0 Å². The smallest absolute Gasteiger partial charge is 0.105 e. The van der Waals surface area contributed by atoms with E-state index in [0.29, 0.717) is 6.04 Å². The lowest BCUT2D eigenvalue weighted by molar-refractivity contribution is 0.0401. The van der Waals surface area contributed by atoms with E-state index < -0.39 is 0 Å². The van der Waals surface area contributed by atoms with Gasteiger partial charge in [0.1, 0.15) is 5.66 Å². The molecule has 2 aliphatic heterocycles. The van der Waals surface area contributed by atoms with Crippen molar-refractivity contribution in [2.45, 2.75) is 24.5 Å². The summed E-state index contributed by atoms with van der Waals surface area (Å²) in [6, 6.07) is 0.549. The Hall–Kier alpha value is -0.160. The van der Waals surface area contributed by atoms with Crippen molar-refractivity contribution >= 4 is 0 Å². The van der Waals surface area contributed by atoms with Crippen LogP contribution in [0.5, 0.6) is 0 Å². The van der Waals surface area contributed by atoms with Crippen LogP contribution in [0.25, 0.3) is 0 Å². The highest BCUT2D eigenvalue weighted by Crippen LogP contribution is 2.22. The number of hydrogen-bond acceptors (Lipinski definition) is 4. The number of fused-ring (bicyclic) bond motifs is 2. The molecule has 0 aromatic carbocycles. The van der Waals surface area contributed by atoms with Crippen molar-refractivity contribution in [2.75, 3.05) is 13.1 Å². The molecule has 0 aliphatic carbocycles. The standard InChI is InChI=1S/C6H13N3O/c10-9-6-2-1-5(8-6)3-7-4-6/h5,7-10H,1-4H2. The molecule has 58 valence electrons. The summed E-state index contributed by atoms with van der Waals surface area (Å²) in [4.78, 5) is 0. The summed E-state index contributed by atoms with van der Waals surface area (Å²) in [5, 5.41) is 15.4. The molecule has 0 spiro atoms. The minimum atomic E-state index is -0.219. The van der Waals surface area contributed by atoms with Crippen LogP contribution in [0.15, 0.2) is 0 Å². The van der Waals surface area contributed by atoms with E-state index in [1.807, 2.05) is 0 Å². The predicted octanol–water partition coefficient (Wildman–Crippen LogP) is -0.983. The molecule has 4 N–H and O–H groups in total. The van der Waals surface area contributed by atoms with Gasteiger partial charge >= 0.3 is 0 Å². The van der Waals surface area contributed by atoms with Crippen LogP contribution < -0.4 is 16.1 Å². The molecule has 0 radical (unpaired) electrons. The van der Waals surface area contributed by atoms with Crippen molar-refractivity contribution < 1.29 is 5.21 Å².